The summed E-state index contributed by atoms with van der Waals surface area (Å²) in [6.07, 6.45) is 10.7. The predicted molar refractivity (Wildman–Crippen MR) is 73.5 cm³/mol. The van der Waals surface area contributed by atoms with Crippen molar-refractivity contribution >= 4 is 5.52 Å². The van der Waals surface area contributed by atoms with Crippen molar-refractivity contribution in [2.24, 2.45) is 0 Å². The van der Waals surface area contributed by atoms with Crippen LogP contribution in [0.15, 0.2) is 30.6 Å². The normalized spacial score (nSPS) is 19.2. The van der Waals surface area contributed by atoms with Crippen LogP contribution in [-0.2, 0) is 6.54 Å². The Balaban J connectivity index is 1.73. The van der Waals surface area contributed by atoms with Gasteiger partial charge in [-0.25, -0.2) is 4.52 Å². The molecule has 0 radical (unpaired) electrons. The Kier molecular flexibility index (Phi) is 3.08. The highest BCUT2D eigenvalue weighted by molar-refractivity contribution is 5.53. The summed E-state index contributed by atoms with van der Waals surface area (Å²) in [7, 11) is 0. The number of aromatic nitrogens is 2. The molecule has 0 saturated heterocycles. The summed E-state index contributed by atoms with van der Waals surface area (Å²) >= 11 is 0. The summed E-state index contributed by atoms with van der Waals surface area (Å²) in [6, 6.07) is 6.22. The summed E-state index contributed by atoms with van der Waals surface area (Å²) in [6.45, 7) is 3.28. The smallest absolute Gasteiger partial charge is 0.0706 e. The van der Waals surface area contributed by atoms with E-state index < -0.39 is 0 Å². The third kappa shape index (κ3) is 2.27. The summed E-state index contributed by atoms with van der Waals surface area (Å²) in [5.41, 5.74) is 2.83. The van der Waals surface area contributed by atoms with Crippen molar-refractivity contribution in [3.05, 3.63) is 36.2 Å². The van der Waals surface area contributed by atoms with Gasteiger partial charge in [0.2, 0.25) is 0 Å². The standard InChI is InChI=1S/C15H21N3/c1-15(8-4-2-5-9-15)16-11-13-12-17-18-10-6-3-7-14(13)18/h3,6-7,10,12,16H,2,4-5,8-9,11H2,1H3. The van der Waals surface area contributed by atoms with Crippen molar-refractivity contribution in [2.45, 2.75) is 51.1 Å². The van der Waals surface area contributed by atoms with Crippen LogP contribution in [0.4, 0.5) is 0 Å². The third-order valence-corrected chi connectivity index (χ3v) is 4.17. The lowest BCUT2D eigenvalue weighted by Gasteiger charge is -2.34. The molecular weight excluding hydrogens is 222 g/mol. The number of rotatable bonds is 3. The lowest BCUT2D eigenvalue weighted by Crippen LogP contribution is -2.43. The van der Waals surface area contributed by atoms with E-state index in [9.17, 15) is 0 Å². The Labute approximate surface area is 108 Å². The zero-order chi connectivity index (χ0) is 12.4. The van der Waals surface area contributed by atoms with Gasteiger partial charge in [-0.15, -0.1) is 0 Å². The Morgan fingerprint density at radius 2 is 2.11 bits per heavy atom. The van der Waals surface area contributed by atoms with E-state index in [0.29, 0.717) is 5.54 Å². The first-order valence-corrected chi connectivity index (χ1v) is 6.93. The van der Waals surface area contributed by atoms with Gasteiger partial charge >= 0.3 is 0 Å². The molecule has 0 bridgehead atoms. The molecule has 0 aromatic carbocycles. The maximum Gasteiger partial charge on any atom is 0.0706 e. The van der Waals surface area contributed by atoms with E-state index >= 15 is 0 Å². The molecule has 1 fully saturated rings. The molecule has 96 valence electrons. The highest BCUT2D eigenvalue weighted by atomic mass is 15.2. The van der Waals surface area contributed by atoms with Crippen LogP contribution in [0.5, 0.6) is 0 Å². The molecule has 0 unspecified atom stereocenters. The van der Waals surface area contributed by atoms with Crippen LogP contribution >= 0.6 is 0 Å². The average molecular weight is 243 g/mol. The number of hydrogen-bond acceptors (Lipinski definition) is 2. The summed E-state index contributed by atoms with van der Waals surface area (Å²) < 4.78 is 1.94. The second-order valence-electron chi connectivity index (χ2n) is 5.68. The van der Waals surface area contributed by atoms with Crippen LogP contribution in [0.3, 0.4) is 0 Å². The average Bonchev–Trinajstić information content (AvgIpc) is 2.81. The van der Waals surface area contributed by atoms with Crippen LogP contribution in [-0.4, -0.2) is 15.2 Å². The van der Waals surface area contributed by atoms with Gasteiger partial charge in [-0.2, -0.15) is 5.10 Å². The van der Waals surface area contributed by atoms with Crippen molar-refractivity contribution in [1.82, 2.24) is 14.9 Å². The first kappa shape index (κ1) is 11.7. The minimum absolute atomic E-state index is 0.321. The maximum atomic E-state index is 4.38. The van der Waals surface area contributed by atoms with Gasteiger partial charge in [0.25, 0.3) is 0 Å². The van der Waals surface area contributed by atoms with Crippen molar-refractivity contribution in [3.63, 3.8) is 0 Å². The van der Waals surface area contributed by atoms with E-state index in [1.165, 1.54) is 43.2 Å². The van der Waals surface area contributed by atoms with Crippen LogP contribution in [0, 0.1) is 0 Å². The van der Waals surface area contributed by atoms with E-state index in [-0.39, 0.29) is 0 Å². The van der Waals surface area contributed by atoms with Crippen molar-refractivity contribution in [3.8, 4) is 0 Å². The highest BCUT2D eigenvalue weighted by Gasteiger charge is 2.25. The van der Waals surface area contributed by atoms with Gasteiger partial charge in [0.15, 0.2) is 0 Å². The van der Waals surface area contributed by atoms with Crippen LogP contribution in [0.25, 0.3) is 5.52 Å². The number of nitrogens with zero attached hydrogens (tertiary/aromatic N) is 2. The molecule has 1 aliphatic rings. The molecule has 2 aromatic heterocycles. The quantitative estimate of drug-likeness (QED) is 0.897. The summed E-state index contributed by atoms with van der Waals surface area (Å²) in [5, 5.41) is 8.12. The molecule has 0 spiro atoms. The van der Waals surface area contributed by atoms with Gasteiger partial charge in [0.05, 0.1) is 11.7 Å². The van der Waals surface area contributed by atoms with Gasteiger partial charge in [0.1, 0.15) is 0 Å². The molecule has 3 heteroatoms. The van der Waals surface area contributed by atoms with Crippen molar-refractivity contribution in [1.29, 1.82) is 0 Å². The zero-order valence-electron chi connectivity index (χ0n) is 11.0. The van der Waals surface area contributed by atoms with Gasteiger partial charge in [-0.3, -0.25) is 0 Å². The fraction of sp³-hybridized carbons (Fsp3) is 0.533. The molecule has 1 saturated carbocycles. The largest absolute Gasteiger partial charge is 0.307 e. The Bertz CT molecular complexity index is 523. The van der Waals surface area contributed by atoms with E-state index in [2.05, 4.69) is 29.5 Å². The monoisotopic (exact) mass is 243 g/mol. The molecule has 2 aromatic rings. The fourth-order valence-corrected chi connectivity index (χ4v) is 2.94. The lowest BCUT2D eigenvalue weighted by atomic mass is 9.83. The minimum atomic E-state index is 0.321. The molecule has 18 heavy (non-hydrogen) atoms. The summed E-state index contributed by atoms with van der Waals surface area (Å²) in [5.74, 6) is 0. The minimum Gasteiger partial charge on any atom is -0.307 e. The Morgan fingerprint density at radius 3 is 2.94 bits per heavy atom. The van der Waals surface area contributed by atoms with Gasteiger partial charge < -0.3 is 5.32 Å². The zero-order valence-corrected chi connectivity index (χ0v) is 11.0. The Hall–Kier alpha value is -1.35. The molecular formula is C15H21N3. The third-order valence-electron chi connectivity index (χ3n) is 4.17. The first-order valence-electron chi connectivity index (χ1n) is 6.93. The van der Waals surface area contributed by atoms with Crippen molar-refractivity contribution < 1.29 is 0 Å². The van der Waals surface area contributed by atoms with E-state index in [4.69, 9.17) is 0 Å². The van der Waals surface area contributed by atoms with E-state index in [0.717, 1.165) is 6.54 Å². The van der Waals surface area contributed by atoms with Crippen LogP contribution in [0.1, 0.15) is 44.6 Å². The molecule has 1 aliphatic carbocycles. The van der Waals surface area contributed by atoms with Crippen LogP contribution in [0.2, 0.25) is 0 Å². The number of hydrogen-bond donors (Lipinski definition) is 1. The predicted octanol–water partition coefficient (Wildman–Crippen LogP) is 3.15. The van der Waals surface area contributed by atoms with Crippen molar-refractivity contribution in [2.75, 3.05) is 0 Å². The highest BCUT2D eigenvalue weighted by Crippen LogP contribution is 2.28. The van der Waals surface area contributed by atoms with Gasteiger partial charge in [-0.1, -0.05) is 25.3 Å². The molecule has 0 aliphatic heterocycles. The first-order chi connectivity index (χ1) is 8.77. The molecule has 3 nitrogen and oxygen atoms in total. The Morgan fingerprint density at radius 1 is 1.28 bits per heavy atom. The molecule has 3 rings (SSSR count). The molecule has 0 amide bonds. The topological polar surface area (TPSA) is 29.3 Å². The molecule has 1 N–H and O–H groups in total. The van der Waals surface area contributed by atoms with E-state index in [1.807, 2.05) is 23.0 Å². The number of pyridine rings is 1. The van der Waals surface area contributed by atoms with E-state index in [1.54, 1.807) is 0 Å². The second kappa shape index (κ2) is 4.73. The lowest BCUT2D eigenvalue weighted by molar-refractivity contribution is 0.253. The molecule has 0 atom stereocenters. The van der Waals surface area contributed by atoms with Gasteiger partial charge in [0, 0.05) is 23.8 Å². The van der Waals surface area contributed by atoms with Crippen LogP contribution < -0.4 is 5.32 Å². The number of nitrogens with one attached hydrogen (secondary N) is 1. The second-order valence-corrected chi connectivity index (χ2v) is 5.68. The van der Waals surface area contributed by atoms with Gasteiger partial charge in [-0.05, 0) is 31.9 Å². The molecule has 2 heterocycles. The summed E-state index contributed by atoms with van der Waals surface area (Å²) in [4.78, 5) is 0. The maximum absolute atomic E-state index is 4.38. The number of fused-ring (bicyclic) bond motifs is 1. The fourth-order valence-electron chi connectivity index (χ4n) is 2.94. The SMILES string of the molecule is CC1(NCc2cnn3ccccc23)CCCCC1.